The zero-order valence-electron chi connectivity index (χ0n) is 13.3. The van der Waals surface area contributed by atoms with Gasteiger partial charge in [0.25, 0.3) is 0 Å². The van der Waals surface area contributed by atoms with Crippen LogP contribution in [0.1, 0.15) is 37.9 Å². The number of benzene rings is 1. The van der Waals surface area contributed by atoms with Gasteiger partial charge in [0.1, 0.15) is 5.41 Å². The van der Waals surface area contributed by atoms with Gasteiger partial charge in [-0.25, -0.2) is 0 Å². The van der Waals surface area contributed by atoms with Gasteiger partial charge < -0.3 is 0 Å². The third-order valence-corrected chi connectivity index (χ3v) is 6.45. The third-order valence-electron chi connectivity index (χ3n) is 5.49. The second-order valence-electron chi connectivity index (χ2n) is 6.55. The number of Topliss-reactive ketones (excluding diaryl/α,β-unsaturated/α-hetero) is 2. The molecule has 2 aromatic rings. The fourth-order valence-corrected chi connectivity index (χ4v) is 5.43. The molecule has 4 rings (SSSR count). The van der Waals surface area contributed by atoms with Gasteiger partial charge in [0.05, 0.1) is 5.92 Å². The van der Waals surface area contributed by atoms with Crippen molar-refractivity contribution in [3.8, 4) is 0 Å². The van der Waals surface area contributed by atoms with Crippen molar-refractivity contribution in [1.29, 1.82) is 0 Å². The molecule has 0 unspecified atom stereocenters. The summed E-state index contributed by atoms with van der Waals surface area (Å²) < 4.78 is 0. The van der Waals surface area contributed by atoms with E-state index in [0.29, 0.717) is 16.0 Å². The molecule has 0 saturated heterocycles. The summed E-state index contributed by atoms with van der Waals surface area (Å²) in [7, 11) is 0. The summed E-state index contributed by atoms with van der Waals surface area (Å²) in [4.78, 5) is 38.8. The van der Waals surface area contributed by atoms with Crippen molar-refractivity contribution in [3.63, 3.8) is 0 Å². The highest BCUT2D eigenvalue weighted by molar-refractivity contribution is 7.10. The Hall–Kier alpha value is -2.60. The fraction of sp³-hybridized carbons (Fsp3) is 0.263. The fourth-order valence-electron chi connectivity index (χ4n) is 4.47. The first kappa shape index (κ1) is 15.9. The first-order chi connectivity index (χ1) is 12.0. The minimum absolute atomic E-state index is 0.136. The largest absolute Gasteiger partial charge is 0.293 e. The number of nitrogens with zero attached hydrogens (tertiary/aromatic N) is 1. The Morgan fingerprint density at radius 1 is 1.16 bits per heavy atom. The van der Waals surface area contributed by atoms with Crippen molar-refractivity contribution < 1.29 is 14.5 Å². The van der Waals surface area contributed by atoms with Crippen molar-refractivity contribution in [2.45, 2.75) is 18.4 Å². The monoisotopic (exact) mass is 353 g/mol. The number of carbonyl (C=O) groups is 2. The molecule has 1 heterocycles. The van der Waals surface area contributed by atoms with Crippen LogP contribution in [-0.2, 0) is 0 Å². The quantitative estimate of drug-likeness (QED) is 0.364. The molecule has 3 atom stereocenters. The molecule has 6 heteroatoms. The average Bonchev–Trinajstić information content (AvgIpc) is 3.29. The summed E-state index contributed by atoms with van der Waals surface area (Å²) in [6.07, 6.45) is 1.66. The predicted octanol–water partition coefficient (Wildman–Crippen LogP) is 3.75. The molecular weight excluding hydrogens is 338 g/mol. The lowest BCUT2D eigenvalue weighted by atomic mass is 9.72. The van der Waals surface area contributed by atoms with Gasteiger partial charge in [-0.2, -0.15) is 0 Å². The standard InChI is InChI=1S/C19H15NO4S/c1-2-11-10-19(15(16(11)20(23)24)14-8-5-9-25-14)17(21)12-6-3-4-7-13(12)18(19)22/h2-9,11,15-16H,1,10H2/t11-,15+,16-/m1/s1. The maximum Gasteiger partial charge on any atom is 0.228 e. The molecule has 126 valence electrons. The van der Waals surface area contributed by atoms with Crippen LogP contribution in [0.3, 0.4) is 0 Å². The van der Waals surface area contributed by atoms with Gasteiger partial charge in [0, 0.05) is 26.8 Å². The van der Waals surface area contributed by atoms with Gasteiger partial charge in [-0.05, 0) is 17.9 Å². The van der Waals surface area contributed by atoms with Crippen molar-refractivity contribution in [2.75, 3.05) is 0 Å². The number of fused-ring (bicyclic) bond motifs is 1. The SMILES string of the molecule is C=C[C@@H]1CC2(C(=O)c3ccccc3C2=O)[C@@H](c2cccs2)[C@@H]1[N+](=O)[O-]. The maximum atomic E-state index is 13.3. The number of ketones is 2. The number of hydrogen-bond donors (Lipinski definition) is 0. The van der Waals surface area contributed by atoms with Crippen LogP contribution in [0.2, 0.25) is 0 Å². The zero-order valence-corrected chi connectivity index (χ0v) is 14.1. The first-order valence-corrected chi connectivity index (χ1v) is 8.88. The molecule has 0 amide bonds. The highest BCUT2D eigenvalue weighted by Crippen LogP contribution is 2.59. The summed E-state index contributed by atoms with van der Waals surface area (Å²) in [5.41, 5.74) is -0.646. The Kier molecular flexibility index (Phi) is 3.47. The minimum atomic E-state index is -1.40. The van der Waals surface area contributed by atoms with E-state index in [4.69, 9.17) is 0 Å². The van der Waals surface area contributed by atoms with Gasteiger partial charge in [0.2, 0.25) is 6.04 Å². The molecular formula is C19H15NO4S. The van der Waals surface area contributed by atoms with Gasteiger partial charge in [0.15, 0.2) is 11.6 Å². The molecule has 1 aromatic heterocycles. The van der Waals surface area contributed by atoms with Gasteiger partial charge in [-0.15, -0.1) is 17.9 Å². The summed E-state index contributed by atoms with van der Waals surface area (Å²) in [6, 6.07) is 9.25. The van der Waals surface area contributed by atoms with E-state index in [1.54, 1.807) is 36.4 Å². The lowest BCUT2D eigenvalue weighted by Gasteiger charge is -2.27. The minimum Gasteiger partial charge on any atom is -0.293 e. The zero-order chi connectivity index (χ0) is 17.8. The number of hydrogen-bond acceptors (Lipinski definition) is 5. The number of thiophene rings is 1. The van der Waals surface area contributed by atoms with E-state index >= 15 is 0 Å². The first-order valence-electron chi connectivity index (χ1n) is 8.00. The van der Waals surface area contributed by atoms with Crippen LogP contribution in [0, 0.1) is 21.4 Å². The average molecular weight is 353 g/mol. The van der Waals surface area contributed by atoms with Crippen molar-refractivity contribution >= 4 is 22.9 Å². The van der Waals surface area contributed by atoms with E-state index < -0.39 is 23.3 Å². The second kappa shape index (κ2) is 5.46. The summed E-state index contributed by atoms with van der Waals surface area (Å²) in [6.45, 7) is 3.72. The Morgan fingerprint density at radius 3 is 2.28 bits per heavy atom. The molecule has 25 heavy (non-hydrogen) atoms. The number of nitro groups is 1. The molecule has 5 nitrogen and oxygen atoms in total. The van der Waals surface area contributed by atoms with Gasteiger partial charge in [-0.3, -0.25) is 19.7 Å². The highest BCUT2D eigenvalue weighted by Gasteiger charge is 2.69. The van der Waals surface area contributed by atoms with Crippen molar-refractivity contribution in [2.24, 2.45) is 11.3 Å². The summed E-state index contributed by atoms with van der Waals surface area (Å²) in [5.74, 6) is -1.87. The molecule has 1 fully saturated rings. The van der Waals surface area contributed by atoms with Gasteiger partial charge >= 0.3 is 0 Å². The Balaban J connectivity index is 1.97. The molecule has 2 aliphatic carbocycles. The van der Waals surface area contributed by atoms with E-state index in [1.807, 2.05) is 5.38 Å². The van der Waals surface area contributed by atoms with Crippen LogP contribution >= 0.6 is 11.3 Å². The predicted molar refractivity (Wildman–Crippen MR) is 93.7 cm³/mol. The number of carbonyl (C=O) groups excluding carboxylic acids is 2. The maximum absolute atomic E-state index is 13.3. The molecule has 1 spiro atoms. The molecule has 2 aliphatic rings. The summed E-state index contributed by atoms with van der Waals surface area (Å²) >= 11 is 1.35. The van der Waals surface area contributed by atoms with Crippen LogP contribution in [0.5, 0.6) is 0 Å². The van der Waals surface area contributed by atoms with E-state index in [1.165, 1.54) is 17.4 Å². The molecule has 0 aliphatic heterocycles. The van der Waals surface area contributed by atoms with Gasteiger partial charge in [-0.1, -0.05) is 36.4 Å². The topological polar surface area (TPSA) is 77.3 Å². The van der Waals surface area contributed by atoms with Crippen LogP contribution in [0.15, 0.2) is 54.4 Å². The molecule has 0 radical (unpaired) electrons. The lowest BCUT2D eigenvalue weighted by Crippen LogP contribution is -2.40. The third kappa shape index (κ3) is 1.94. The molecule has 1 saturated carbocycles. The Bertz CT molecular complexity index is 867. The molecule has 1 aromatic carbocycles. The van der Waals surface area contributed by atoms with Crippen LogP contribution < -0.4 is 0 Å². The Morgan fingerprint density at radius 2 is 1.80 bits per heavy atom. The van der Waals surface area contributed by atoms with E-state index in [0.717, 1.165) is 0 Å². The van der Waals surface area contributed by atoms with Crippen LogP contribution in [0.25, 0.3) is 0 Å². The molecule has 0 bridgehead atoms. The van der Waals surface area contributed by atoms with E-state index in [-0.39, 0.29) is 22.9 Å². The number of rotatable bonds is 3. The Labute approximate surface area is 148 Å². The lowest BCUT2D eigenvalue weighted by molar-refractivity contribution is -0.530. The smallest absolute Gasteiger partial charge is 0.228 e. The van der Waals surface area contributed by atoms with E-state index in [2.05, 4.69) is 6.58 Å². The van der Waals surface area contributed by atoms with Crippen LogP contribution in [-0.4, -0.2) is 22.5 Å². The normalized spacial score (nSPS) is 26.8. The van der Waals surface area contributed by atoms with Crippen molar-refractivity contribution in [1.82, 2.24) is 0 Å². The molecule has 0 N–H and O–H groups in total. The summed E-state index contributed by atoms with van der Waals surface area (Å²) in [5, 5.41) is 13.7. The van der Waals surface area contributed by atoms with Crippen LogP contribution in [0.4, 0.5) is 0 Å². The van der Waals surface area contributed by atoms with E-state index in [9.17, 15) is 19.7 Å². The van der Waals surface area contributed by atoms with Crippen molar-refractivity contribution in [3.05, 3.63) is 80.6 Å². The highest BCUT2D eigenvalue weighted by atomic mass is 32.1. The second-order valence-corrected chi connectivity index (χ2v) is 7.53.